The number of nitrogens with two attached hydrogens (primary N) is 2. The number of hydrogen-bond acceptors (Lipinski definition) is 4. The third kappa shape index (κ3) is 3.28. The molecule has 0 aromatic heterocycles. The lowest BCUT2D eigenvalue weighted by atomic mass is 9.84. The van der Waals surface area contributed by atoms with E-state index in [1.165, 1.54) is 16.2 Å². The predicted molar refractivity (Wildman–Crippen MR) is 130 cm³/mol. The minimum Gasteiger partial charge on any atom is -0.399 e. The zero-order chi connectivity index (χ0) is 22.2. The van der Waals surface area contributed by atoms with Crippen molar-refractivity contribution in [2.45, 2.75) is 0 Å². The summed E-state index contributed by atoms with van der Waals surface area (Å²) >= 11 is 0. The minimum absolute atomic E-state index is 0.116. The second-order valence-corrected chi connectivity index (χ2v) is 7.78. The van der Waals surface area contributed by atoms with Crippen LogP contribution in [0.15, 0.2) is 97.1 Å². The highest BCUT2D eigenvalue weighted by Crippen LogP contribution is 2.28. The number of hydrogen-bond donors (Lipinski definition) is 2. The molecule has 5 aromatic carbocycles. The lowest BCUT2D eigenvalue weighted by molar-refractivity contribution is 0.0979. The summed E-state index contributed by atoms with van der Waals surface area (Å²) in [6.07, 6.45) is 0. The third-order valence-electron chi connectivity index (χ3n) is 5.73. The van der Waals surface area contributed by atoms with Crippen LogP contribution in [0.1, 0.15) is 31.8 Å². The molecule has 0 fully saturated rings. The molecular weight excluding hydrogens is 396 g/mol. The lowest BCUT2D eigenvalue weighted by Gasteiger charge is -2.17. The number of fused-ring (bicyclic) bond motifs is 4. The molecule has 32 heavy (non-hydrogen) atoms. The summed E-state index contributed by atoms with van der Waals surface area (Å²) in [5.74, 6) is -0.252. The minimum atomic E-state index is -0.137. The highest BCUT2D eigenvalue weighted by Gasteiger charge is 2.28. The molecule has 0 unspecified atom stereocenters. The van der Waals surface area contributed by atoms with E-state index in [0.29, 0.717) is 27.9 Å². The van der Waals surface area contributed by atoms with Crippen molar-refractivity contribution in [2.24, 2.45) is 0 Å². The zero-order valence-corrected chi connectivity index (χ0v) is 17.2. The van der Waals surface area contributed by atoms with Crippen LogP contribution in [0.4, 0.5) is 11.4 Å². The van der Waals surface area contributed by atoms with Gasteiger partial charge in [0.2, 0.25) is 0 Å². The van der Waals surface area contributed by atoms with E-state index in [4.69, 9.17) is 11.5 Å². The molecule has 154 valence electrons. The fourth-order valence-corrected chi connectivity index (χ4v) is 4.11. The van der Waals surface area contributed by atoms with Gasteiger partial charge in [0.1, 0.15) is 0 Å². The van der Waals surface area contributed by atoms with Crippen LogP contribution in [-0.4, -0.2) is 11.6 Å². The number of ketones is 2. The number of benzene rings is 5. The van der Waals surface area contributed by atoms with Crippen LogP contribution >= 0.6 is 0 Å². The first kappa shape index (κ1) is 19.5. The van der Waals surface area contributed by atoms with E-state index in [9.17, 15) is 9.59 Å². The van der Waals surface area contributed by atoms with Gasteiger partial charge in [0.25, 0.3) is 0 Å². The highest BCUT2D eigenvalue weighted by atomic mass is 16.1. The summed E-state index contributed by atoms with van der Waals surface area (Å²) in [6, 6.07) is 30.4. The molecule has 0 bridgehead atoms. The average molecular weight is 416 g/mol. The second-order valence-electron chi connectivity index (χ2n) is 7.78. The molecule has 0 spiro atoms. The molecule has 0 heterocycles. The maximum atomic E-state index is 12.2. The van der Waals surface area contributed by atoms with Gasteiger partial charge in [-0.05, 0) is 52.6 Å². The Morgan fingerprint density at radius 3 is 1.75 bits per heavy atom. The molecule has 0 saturated carbocycles. The van der Waals surface area contributed by atoms with Gasteiger partial charge in [-0.15, -0.1) is 0 Å². The molecule has 1 aliphatic carbocycles. The molecule has 4 N–H and O–H groups in total. The van der Waals surface area contributed by atoms with Gasteiger partial charge in [0.15, 0.2) is 11.6 Å². The first-order chi connectivity index (χ1) is 15.5. The number of rotatable bonds is 0. The average Bonchev–Trinajstić information content (AvgIpc) is 2.82. The molecule has 0 radical (unpaired) electrons. The van der Waals surface area contributed by atoms with Crippen LogP contribution in [0.25, 0.3) is 21.5 Å². The van der Waals surface area contributed by atoms with Crippen molar-refractivity contribution in [3.05, 3.63) is 119 Å². The van der Waals surface area contributed by atoms with E-state index in [-0.39, 0.29) is 11.6 Å². The monoisotopic (exact) mass is 416 g/mol. The van der Waals surface area contributed by atoms with Gasteiger partial charge in [-0.3, -0.25) is 9.59 Å². The van der Waals surface area contributed by atoms with Crippen molar-refractivity contribution in [1.82, 2.24) is 0 Å². The highest BCUT2D eigenvalue weighted by molar-refractivity contribution is 6.28. The number of nitrogen functional groups attached to an aromatic ring is 2. The Labute approximate surface area is 185 Å². The Morgan fingerprint density at radius 2 is 1.03 bits per heavy atom. The van der Waals surface area contributed by atoms with E-state index in [1.807, 2.05) is 18.2 Å². The summed E-state index contributed by atoms with van der Waals surface area (Å²) in [6.45, 7) is 0. The zero-order valence-electron chi connectivity index (χ0n) is 17.2. The second kappa shape index (κ2) is 7.67. The van der Waals surface area contributed by atoms with Crippen molar-refractivity contribution < 1.29 is 9.59 Å². The molecule has 4 nitrogen and oxygen atoms in total. The Bertz CT molecular complexity index is 1540. The van der Waals surface area contributed by atoms with Gasteiger partial charge in [-0.2, -0.15) is 0 Å². The number of carbonyl (C=O) groups is 2. The SMILES string of the molecule is Nc1ccc2c(c1)C(=O)c1ccccc1C2=O.Nc1cccc2cc3ccccc3cc12. The molecule has 0 saturated heterocycles. The molecule has 0 aliphatic heterocycles. The molecule has 0 amide bonds. The third-order valence-corrected chi connectivity index (χ3v) is 5.73. The van der Waals surface area contributed by atoms with Crippen molar-refractivity contribution in [1.29, 1.82) is 0 Å². The fourth-order valence-electron chi connectivity index (χ4n) is 4.11. The van der Waals surface area contributed by atoms with Crippen LogP contribution in [0, 0.1) is 0 Å². The van der Waals surface area contributed by atoms with Crippen LogP contribution < -0.4 is 11.5 Å². The van der Waals surface area contributed by atoms with Crippen molar-refractivity contribution in [3.63, 3.8) is 0 Å². The Balaban J connectivity index is 0.000000136. The standard InChI is InChI=1S/C14H9NO2.C14H11N/c15-8-5-6-11-12(7-8)14(17)10-4-2-1-3-9(10)13(11)16;15-14-7-3-6-12-8-10-4-1-2-5-11(10)9-13(12)14/h1-7H,15H2;1-9H,15H2. The number of anilines is 2. The van der Waals surface area contributed by atoms with E-state index in [1.54, 1.807) is 42.5 Å². The predicted octanol–water partition coefficient (Wildman–Crippen LogP) is 5.62. The Morgan fingerprint density at radius 1 is 0.469 bits per heavy atom. The van der Waals surface area contributed by atoms with E-state index >= 15 is 0 Å². The van der Waals surface area contributed by atoms with Gasteiger partial charge in [-0.1, -0.05) is 60.7 Å². The van der Waals surface area contributed by atoms with E-state index in [0.717, 1.165) is 11.1 Å². The summed E-state index contributed by atoms with van der Waals surface area (Å²) in [4.78, 5) is 24.4. The molecule has 1 aliphatic rings. The first-order valence-corrected chi connectivity index (χ1v) is 10.3. The summed E-state index contributed by atoms with van der Waals surface area (Å²) in [5.41, 5.74) is 14.7. The van der Waals surface area contributed by atoms with Gasteiger partial charge in [0, 0.05) is 39.0 Å². The summed E-state index contributed by atoms with van der Waals surface area (Å²) < 4.78 is 0. The molecule has 5 aromatic rings. The van der Waals surface area contributed by atoms with Crippen LogP contribution in [0.3, 0.4) is 0 Å². The van der Waals surface area contributed by atoms with Crippen LogP contribution in [0.5, 0.6) is 0 Å². The van der Waals surface area contributed by atoms with Gasteiger partial charge in [-0.25, -0.2) is 0 Å². The van der Waals surface area contributed by atoms with Gasteiger partial charge in [0.05, 0.1) is 0 Å². The van der Waals surface area contributed by atoms with Crippen molar-refractivity contribution in [2.75, 3.05) is 11.5 Å². The van der Waals surface area contributed by atoms with E-state index < -0.39 is 0 Å². The van der Waals surface area contributed by atoms with E-state index in [2.05, 4.69) is 36.4 Å². The molecular formula is C28H20N2O2. The smallest absolute Gasteiger partial charge is 0.194 e. The lowest BCUT2D eigenvalue weighted by Crippen LogP contribution is -2.20. The first-order valence-electron chi connectivity index (χ1n) is 10.3. The van der Waals surface area contributed by atoms with Crippen LogP contribution in [0.2, 0.25) is 0 Å². The molecule has 6 rings (SSSR count). The molecule has 0 atom stereocenters. The van der Waals surface area contributed by atoms with Gasteiger partial charge < -0.3 is 11.5 Å². The van der Waals surface area contributed by atoms with Gasteiger partial charge >= 0.3 is 0 Å². The van der Waals surface area contributed by atoms with Crippen molar-refractivity contribution in [3.8, 4) is 0 Å². The quantitative estimate of drug-likeness (QED) is 0.249. The maximum Gasteiger partial charge on any atom is 0.194 e. The molecule has 4 heteroatoms. The number of carbonyl (C=O) groups excluding carboxylic acids is 2. The normalized spacial score (nSPS) is 12.1. The topological polar surface area (TPSA) is 86.2 Å². The maximum absolute atomic E-state index is 12.2. The largest absolute Gasteiger partial charge is 0.399 e. The fraction of sp³-hybridized carbons (Fsp3) is 0. The summed E-state index contributed by atoms with van der Waals surface area (Å²) in [7, 11) is 0. The van der Waals surface area contributed by atoms with Crippen molar-refractivity contribution >= 4 is 44.5 Å². The Hall–Kier alpha value is -4.44. The summed E-state index contributed by atoms with van der Waals surface area (Å²) in [5, 5.41) is 4.84. The van der Waals surface area contributed by atoms with Crippen LogP contribution in [-0.2, 0) is 0 Å². The Kier molecular flexibility index (Phi) is 4.68.